The van der Waals surface area contributed by atoms with E-state index in [1.807, 2.05) is 26.4 Å². The molecule has 2 aliphatic rings. The summed E-state index contributed by atoms with van der Waals surface area (Å²) in [5.41, 5.74) is 5.03. The van der Waals surface area contributed by atoms with Crippen LogP contribution in [-0.4, -0.2) is 49.6 Å². The minimum Gasteiger partial charge on any atom is -0.396 e. The molecule has 0 aromatic heterocycles. The number of nitrogens with two attached hydrogens (primary N) is 1. The van der Waals surface area contributed by atoms with Crippen molar-refractivity contribution in [2.24, 2.45) is 23.5 Å². The molecule has 0 saturated heterocycles. The number of carbonyl (C=O) groups is 2. The van der Waals surface area contributed by atoms with Gasteiger partial charge in [0.05, 0.1) is 0 Å². The summed E-state index contributed by atoms with van der Waals surface area (Å²) in [5, 5.41) is 9.00. The Bertz CT molecular complexity index is 361. The molecule has 3 N–H and O–H groups in total. The molecule has 1 amide bonds. The van der Waals surface area contributed by atoms with E-state index in [2.05, 4.69) is 0 Å². The molecule has 1 radical (unpaired) electrons. The first-order valence-corrected chi connectivity index (χ1v) is 13.0. The van der Waals surface area contributed by atoms with Crippen molar-refractivity contribution in [3.63, 3.8) is 0 Å². The maximum absolute atomic E-state index is 10.5. The standard InChI is InChI=1S/C12H23NO3.C7H12O.C2H6S.C2H6.V/c13-12(15)2-1-7-16-9-11-5-3-10(8-14)4-6-11;8-6-7-4-2-1-3-5-7;1-3-2;1-2;/h10-11,14H,1-9H2,(H2,13,15);6-7H,1-5H2;1-2H3;1-2H3;. The average molecular weight is 485 g/mol. The molecule has 2 aliphatic carbocycles. The Hall–Kier alpha value is -0.00558. The van der Waals surface area contributed by atoms with Crippen LogP contribution in [0.15, 0.2) is 0 Å². The van der Waals surface area contributed by atoms with Gasteiger partial charge in [0.25, 0.3) is 0 Å². The summed E-state index contributed by atoms with van der Waals surface area (Å²) in [4.78, 5) is 20.6. The monoisotopic (exact) mass is 484 g/mol. The normalized spacial score (nSPS) is 20.6. The number of hydrogen-bond donors (Lipinski definition) is 2. The van der Waals surface area contributed by atoms with E-state index in [1.165, 1.54) is 19.3 Å². The number of ether oxygens (including phenoxy) is 1. The minimum atomic E-state index is -0.257. The topological polar surface area (TPSA) is 89.6 Å². The molecule has 5 nitrogen and oxygen atoms in total. The van der Waals surface area contributed by atoms with Gasteiger partial charge < -0.3 is 20.4 Å². The number of rotatable bonds is 8. The summed E-state index contributed by atoms with van der Waals surface area (Å²) < 4.78 is 5.52. The second-order valence-electron chi connectivity index (χ2n) is 7.66. The van der Waals surface area contributed by atoms with Crippen LogP contribution in [-0.2, 0) is 32.9 Å². The van der Waals surface area contributed by atoms with E-state index in [0.717, 1.165) is 57.8 Å². The van der Waals surface area contributed by atoms with Gasteiger partial charge in [0.1, 0.15) is 6.29 Å². The molecule has 0 atom stereocenters. The van der Waals surface area contributed by atoms with Gasteiger partial charge in [-0.25, -0.2) is 0 Å². The van der Waals surface area contributed by atoms with Crippen LogP contribution in [0.2, 0.25) is 0 Å². The average Bonchev–Trinajstić information content (AvgIpc) is 2.77. The molecule has 0 aliphatic heterocycles. The summed E-state index contributed by atoms with van der Waals surface area (Å²) in [5.74, 6) is 1.29. The third-order valence-corrected chi connectivity index (χ3v) is 5.13. The molecule has 7 heteroatoms. The van der Waals surface area contributed by atoms with Gasteiger partial charge in [-0.05, 0) is 69.3 Å². The molecule has 179 valence electrons. The Labute approximate surface area is 201 Å². The molecule has 2 fully saturated rings. The van der Waals surface area contributed by atoms with Gasteiger partial charge in [-0.1, -0.05) is 33.1 Å². The van der Waals surface area contributed by atoms with Crippen LogP contribution in [0.5, 0.6) is 0 Å². The zero-order valence-electron chi connectivity index (χ0n) is 19.8. The fourth-order valence-corrected chi connectivity index (χ4v) is 3.45. The Morgan fingerprint density at radius 1 is 1.03 bits per heavy atom. The van der Waals surface area contributed by atoms with Crippen molar-refractivity contribution in [1.29, 1.82) is 0 Å². The zero-order valence-corrected chi connectivity index (χ0v) is 22.0. The van der Waals surface area contributed by atoms with Crippen LogP contribution >= 0.6 is 11.8 Å². The quantitative estimate of drug-likeness (QED) is 0.380. The van der Waals surface area contributed by atoms with E-state index in [1.54, 1.807) is 11.8 Å². The summed E-state index contributed by atoms with van der Waals surface area (Å²) in [7, 11) is 0. The van der Waals surface area contributed by atoms with E-state index < -0.39 is 0 Å². The van der Waals surface area contributed by atoms with Crippen molar-refractivity contribution >= 4 is 24.0 Å². The van der Waals surface area contributed by atoms with Crippen molar-refractivity contribution in [3.8, 4) is 0 Å². The number of hydrogen-bond acceptors (Lipinski definition) is 5. The summed E-state index contributed by atoms with van der Waals surface area (Å²) >= 11 is 1.75. The Balaban J connectivity index is -0.000000436. The van der Waals surface area contributed by atoms with Crippen LogP contribution in [0.25, 0.3) is 0 Å². The van der Waals surface area contributed by atoms with Gasteiger partial charge in [0.2, 0.25) is 5.91 Å². The van der Waals surface area contributed by atoms with Crippen molar-refractivity contribution in [2.45, 2.75) is 84.5 Å². The third-order valence-electron chi connectivity index (χ3n) is 5.13. The van der Waals surface area contributed by atoms with Gasteiger partial charge in [-0.3, -0.25) is 4.79 Å². The first kappa shape index (κ1) is 34.6. The molecule has 2 rings (SSSR count). The van der Waals surface area contributed by atoms with Gasteiger partial charge in [-0.15, -0.1) is 0 Å². The second-order valence-corrected chi connectivity index (χ2v) is 8.47. The molecule has 0 aromatic rings. The maximum atomic E-state index is 10.5. The number of aliphatic hydroxyl groups is 1. The molecule has 0 aromatic carbocycles. The third kappa shape index (κ3) is 22.7. The zero-order chi connectivity index (χ0) is 22.3. The van der Waals surface area contributed by atoms with E-state index in [-0.39, 0.29) is 24.5 Å². The maximum Gasteiger partial charge on any atom is 0.217 e. The summed E-state index contributed by atoms with van der Waals surface area (Å²) in [6, 6.07) is 0. The molecule has 0 bridgehead atoms. The molecule has 0 spiro atoms. The largest absolute Gasteiger partial charge is 0.396 e. The molecule has 0 unspecified atom stereocenters. The predicted molar refractivity (Wildman–Crippen MR) is 125 cm³/mol. The van der Waals surface area contributed by atoms with Gasteiger partial charge in [-0.2, -0.15) is 11.8 Å². The van der Waals surface area contributed by atoms with Crippen LogP contribution in [0.4, 0.5) is 0 Å². The van der Waals surface area contributed by atoms with E-state index in [9.17, 15) is 9.59 Å². The van der Waals surface area contributed by atoms with Gasteiger partial charge >= 0.3 is 0 Å². The number of aliphatic hydroxyl groups excluding tert-OH is 1. The fourth-order valence-electron chi connectivity index (χ4n) is 3.45. The van der Waals surface area contributed by atoms with Crippen molar-refractivity contribution < 1.29 is 38.0 Å². The number of amides is 1. The number of aldehydes is 1. The SMILES string of the molecule is CC.CSC.NC(=O)CCCOCC1CCC(CO)CC1.O=CC1CCCCC1.[V]. The second kappa shape index (κ2) is 27.0. The molecule has 0 heterocycles. The number of primary amides is 1. The van der Waals surface area contributed by atoms with Crippen LogP contribution in [0, 0.1) is 17.8 Å². The van der Waals surface area contributed by atoms with Crippen LogP contribution in [0.3, 0.4) is 0 Å². The summed E-state index contributed by atoms with van der Waals surface area (Å²) in [6.45, 7) is 5.74. The molecular formula is C23H47NO4SV. The first-order chi connectivity index (χ1) is 14.1. The first-order valence-electron chi connectivity index (χ1n) is 11.4. The molecular weight excluding hydrogens is 437 g/mol. The van der Waals surface area contributed by atoms with E-state index in [4.69, 9.17) is 15.6 Å². The van der Waals surface area contributed by atoms with E-state index in [0.29, 0.717) is 37.4 Å². The van der Waals surface area contributed by atoms with Crippen molar-refractivity contribution in [1.82, 2.24) is 0 Å². The van der Waals surface area contributed by atoms with Crippen molar-refractivity contribution in [3.05, 3.63) is 0 Å². The Morgan fingerprint density at radius 3 is 1.93 bits per heavy atom. The smallest absolute Gasteiger partial charge is 0.217 e. The Kier molecular flexibility index (Phi) is 31.2. The van der Waals surface area contributed by atoms with Gasteiger partial charge in [0.15, 0.2) is 0 Å². The molecule has 30 heavy (non-hydrogen) atoms. The van der Waals surface area contributed by atoms with Crippen LogP contribution < -0.4 is 5.73 Å². The molecule has 2 saturated carbocycles. The minimum absolute atomic E-state index is 0. The van der Waals surface area contributed by atoms with Crippen molar-refractivity contribution in [2.75, 3.05) is 32.3 Å². The van der Waals surface area contributed by atoms with Gasteiger partial charge in [0, 0.05) is 50.7 Å². The Morgan fingerprint density at radius 2 is 1.53 bits per heavy atom. The number of thioether (sulfide) groups is 1. The number of carbonyl (C=O) groups excluding carboxylic acids is 2. The summed E-state index contributed by atoms with van der Waals surface area (Å²) in [6.07, 6.45) is 17.0. The van der Waals surface area contributed by atoms with E-state index >= 15 is 0 Å². The fraction of sp³-hybridized carbons (Fsp3) is 0.913. The predicted octanol–water partition coefficient (Wildman–Crippen LogP) is 4.84. The van der Waals surface area contributed by atoms with Crippen LogP contribution in [0.1, 0.15) is 84.5 Å².